The van der Waals surface area contributed by atoms with Crippen LogP contribution in [0.3, 0.4) is 0 Å². The molecule has 0 bridgehead atoms. The fourth-order valence-electron chi connectivity index (χ4n) is 3.72. The number of unbranched alkanes of at least 4 members (excludes halogenated alkanes) is 3. The van der Waals surface area contributed by atoms with E-state index in [1.807, 2.05) is 0 Å². The molecule has 156 valence electrons. The summed E-state index contributed by atoms with van der Waals surface area (Å²) >= 11 is 0. The van der Waals surface area contributed by atoms with Crippen molar-refractivity contribution in [1.29, 1.82) is 0 Å². The Balaban J connectivity index is 1.93. The van der Waals surface area contributed by atoms with E-state index in [4.69, 9.17) is 10.5 Å². The number of benzene rings is 2. The Labute approximate surface area is 171 Å². The number of ether oxygens (including phenoxy) is 1. The third-order valence-electron chi connectivity index (χ3n) is 5.21. The Kier molecular flexibility index (Phi) is 5.07. The summed E-state index contributed by atoms with van der Waals surface area (Å²) in [5, 5.41) is 12.5. The first kappa shape index (κ1) is 19.8. The summed E-state index contributed by atoms with van der Waals surface area (Å²) in [5.74, 6) is -1.56. The van der Waals surface area contributed by atoms with Crippen LogP contribution in [0.2, 0.25) is 0 Å². The van der Waals surface area contributed by atoms with Crippen LogP contribution in [0.4, 0.5) is 15.8 Å². The van der Waals surface area contributed by atoms with E-state index in [0.717, 1.165) is 31.7 Å². The second-order valence-electron chi connectivity index (χ2n) is 7.32. The Morgan fingerprint density at radius 1 is 1.27 bits per heavy atom. The average Bonchev–Trinajstić information content (AvgIpc) is 2.70. The summed E-state index contributed by atoms with van der Waals surface area (Å²) in [6.07, 6.45) is 5.31. The minimum absolute atomic E-state index is 0.0543. The lowest BCUT2D eigenvalue weighted by Gasteiger charge is -2.26. The van der Waals surface area contributed by atoms with Gasteiger partial charge >= 0.3 is 5.97 Å². The molecule has 1 aromatic heterocycles. The molecular formula is C22H22FN3O4. The van der Waals surface area contributed by atoms with E-state index in [0.29, 0.717) is 29.2 Å². The first-order valence-electron chi connectivity index (χ1n) is 9.89. The number of carboxylic acids is 1. The number of nitrogen functional groups attached to an aromatic ring is 1. The Morgan fingerprint density at radius 3 is 2.80 bits per heavy atom. The monoisotopic (exact) mass is 411 g/mol. The lowest BCUT2D eigenvalue weighted by molar-refractivity contribution is 0.0695. The van der Waals surface area contributed by atoms with E-state index in [9.17, 15) is 14.7 Å². The minimum atomic E-state index is -1.38. The maximum atomic E-state index is 15.0. The van der Waals surface area contributed by atoms with E-state index in [1.54, 1.807) is 22.8 Å². The molecule has 0 amide bonds. The number of nitrogens with two attached hydrogens (primary N) is 1. The van der Waals surface area contributed by atoms with Crippen LogP contribution in [0.1, 0.15) is 43.0 Å². The number of nitrogens with one attached hydrogen (secondary N) is 1. The summed E-state index contributed by atoms with van der Waals surface area (Å²) in [5.41, 5.74) is 6.09. The topological polar surface area (TPSA) is 107 Å². The van der Waals surface area contributed by atoms with Gasteiger partial charge in [0.05, 0.1) is 11.1 Å². The van der Waals surface area contributed by atoms with Crippen molar-refractivity contribution in [2.75, 3.05) is 17.6 Å². The van der Waals surface area contributed by atoms with Gasteiger partial charge in [-0.05, 0) is 24.6 Å². The smallest absolute Gasteiger partial charge is 0.341 e. The van der Waals surface area contributed by atoms with Crippen LogP contribution in [0, 0.1) is 5.82 Å². The first-order valence-corrected chi connectivity index (χ1v) is 9.89. The normalized spacial score (nSPS) is 11.8. The van der Waals surface area contributed by atoms with Crippen LogP contribution in [-0.4, -0.2) is 22.2 Å². The Hall–Kier alpha value is -3.55. The molecule has 3 aromatic rings. The second kappa shape index (κ2) is 7.70. The van der Waals surface area contributed by atoms with Gasteiger partial charge < -0.3 is 25.5 Å². The molecule has 0 spiro atoms. The zero-order chi connectivity index (χ0) is 21.4. The van der Waals surface area contributed by atoms with Crippen LogP contribution in [0.15, 0.2) is 35.3 Å². The molecule has 1 aliphatic heterocycles. The average molecular weight is 411 g/mol. The van der Waals surface area contributed by atoms with Crippen LogP contribution in [-0.2, 0) is 0 Å². The molecule has 7 nitrogen and oxygen atoms in total. The van der Waals surface area contributed by atoms with Crippen LogP contribution >= 0.6 is 0 Å². The van der Waals surface area contributed by atoms with Crippen molar-refractivity contribution >= 4 is 28.2 Å². The molecular weight excluding hydrogens is 389 g/mol. The predicted molar refractivity (Wildman–Crippen MR) is 114 cm³/mol. The summed E-state index contributed by atoms with van der Waals surface area (Å²) in [6, 6.07) is 5.97. The predicted octanol–water partition coefficient (Wildman–Crippen LogP) is 4.51. The molecule has 0 atom stereocenters. The molecule has 1 aliphatic rings. The van der Waals surface area contributed by atoms with Crippen LogP contribution < -0.4 is 21.2 Å². The zero-order valence-electron chi connectivity index (χ0n) is 16.5. The third-order valence-corrected chi connectivity index (χ3v) is 5.21. The van der Waals surface area contributed by atoms with Gasteiger partial charge in [-0.2, -0.15) is 0 Å². The molecule has 0 fully saturated rings. The third kappa shape index (κ3) is 3.24. The quantitative estimate of drug-likeness (QED) is 0.305. The van der Waals surface area contributed by atoms with Crippen LogP contribution in [0.25, 0.3) is 16.6 Å². The number of hydrogen-bond donors (Lipinski definition) is 3. The number of aromatic carboxylic acids is 1. The van der Waals surface area contributed by atoms with Gasteiger partial charge in [-0.3, -0.25) is 4.79 Å². The van der Waals surface area contributed by atoms with E-state index in [2.05, 4.69) is 12.2 Å². The van der Waals surface area contributed by atoms with Gasteiger partial charge in [-0.1, -0.05) is 26.2 Å². The van der Waals surface area contributed by atoms with Crippen molar-refractivity contribution in [3.8, 4) is 17.2 Å². The number of aromatic nitrogens is 1. The molecule has 0 unspecified atom stereocenters. The Bertz CT molecular complexity index is 1220. The van der Waals surface area contributed by atoms with Crippen molar-refractivity contribution < 1.29 is 19.0 Å². The Morgan fingerprint density at radius 2 is 2.07 bits per heavy atom. The first-order chi connectivity index (χ1) is 14.4. The fourth-order valence-corrected chi connectivity index (χ4v) is 3.72. The number of halogens is 1. The molecule has 0 aliphatic carbocycles. The van der Waals surface area contributed by atoms with Gasteiger partial charge in [-0.25, -0.2) is 9.18 Å². The van der Waals surface area contributed by atoms with Gasteiger partial charge in [0, 0.05) is 24.5 Å². The number of carboxylic acid groups (broad SMARTS) is 1. The van der Waals surface area contributed by atoms with Crippen molar-refractivity contribution in [3.05, 3.63) is 52.1 Å². The summed E-state index contributed by atoms with van der Waals surface area (Å²) in [4.78, 5) is 24.3. The highest BCUT2D eigenvalue weighted by molar-refractivity contribution is 5.99. The van der Waals surface area contributed by atoms with Gasteiger partial charge in [0.1, 0.15) is 16.8 Å². The molecule has 4 N–H and O–H groups in total. The van der Waals surface area contributed by atoms with E-state index < -0.39 is 22.8 Å². The van der Waals surface area contributed by atoms with Gasteiger partial charge in [-0.15, -0.1) is 0 Å². The van der Waals surface area contributed by atoms with Crippen molar-refractivity contribution in [2.45, 2.75) is 32.6 Å². The molecule has 4 rings (SSSR count). The van der Waals surface area contributed by atoms with E-state index in [-0.39, 0.29) is 16.8 Å². The number of fused-ring (bicyclic) bond motifs is 2. The van der Waals surface area contributed by atoms with Gasteiger partial charge in [0.15, 0.2) is 17.3 Å². The molecule has 2 heterocycles. The number of rotatable bonds is 7. The molecule has 30 heavy (non-hydrogen) atoms. The second-order valence-corrected chi connectivity index (χ2v) is 7.32. The summed E-state index contributed by atoms with van der Waals surface area (Å²) < 4.78 is 22.5. The lowest BCUT2D eigenvalue weighted by atomic mass is 10.1. The largest absolute Gasteiger partial charge is 0.477 e. The number of hydrogen-bond acceptors (Lipinski definition) is 5. The standard InChI is InChI=1S/C22H22FN3O4/c1-2-3-4-5-8-25-18-15(23)10-13-19-21(18)30-17-9-12(24)6-7-16(17)26(19)11-14(20(13)27)22(28)29/h6-7,9-11,25H,2-5,8,24H2,1H3,(H,28,29). The summed E-state index contributed by atoms with van der Waals surface area (Å²) in [7, 11) is 0. The number of anilines is 2. The number of carbonyl (C=O) groups is 1. The molecule has 2 aromatic carbocycles. The highest BCUT2D eigenvalue weighted by atomic mass is 19.1. The van der Waals surface area contributed by atoms with Crippen molar-refractivity contribution in [3.63, 3.8) is 0 Å². The minimum Gasteiger partial charge on any atom is -0.477 e. The highest BCUT2D eigenvalue weighted by Crippen LogP contribution is 2.45. The molecule has 0 saturated heterocycles. The number of pyridine rings is 1. The number of nitrogens with zero attached hydrogens (tertiary/aromatic N) is 1. The lowest BCUT2D eigenvalue weighted by Crippen LogP contribution is -2.21. The van der Waals surface area contributed by atoms with Crippen molar-refractivity contribution in [2.24, 2.45) is 0 Å². The van der Waals surface area contributed by atoms with Gasteiger partial charge in [0.25, 0.3) is 0 Å². The molecule has 0 radical (unpaired) electrons. The fraction of sp³-hybridized carbons (Fsp3) is 0.273. The van der Waals surface area contributed by atoms with E-state index >= 15 is 4.39 Å². The molecule has 0 saturated carbocycles. The maximum absolute atomic E-state index is 15.0. The zero-order valence-corrected chi connectivity index (χ0v) is 16.5. The van der Waals surface area contributed by atoms with Crippen LogP contribution in [0.5, 0.6) is 11.5 Å². The maximum Gasteiger partial charge on any atom is 0.341 e. The highest BCUT2D eigenvalue weighted by Gasteiger charge is 2.28. The van der Waals surface area contributed by atoms with E-state index in [1.165, 1.54) is 6.20 Å². The SMILES string of the molecule is CCCCCCNc1c(F)cc2c(=O)c(C(=O)O)cn3c2c1Oc1cc(N)ccc1-3. The summed E-state index contributed by atoms with van der Waals surface area (Å²) in [6.45, 7) is 2.65. The molecule has 8 heteroatoms. The van der Waals surface area contributed by atoms with Gasteiger partial charge in [0.2, 0.25) is 5.43 Å². The van der Waals surface area contributed by atoms with Crippen molar-refractivity contribution in [1.82, 2.24) is 4.57 Å².